The quantitative estimate of drug-likeness (QED) is 0.303. The monoisotopic (exact) mass is 414 g/mol. The molecule has 154 valence electrons. The van der Waals surface area contributed by atoms with E-state index in [1.807, 2.05) is 0 Å². The number of rotatable bonds is 9. The zero-order valence-corrected chi connectivity index (χ0v) is 16.4. The smallest absolute Gasteiger partial charge is 0.339 e. The molecule has 0 aliphatic rings. The fraction of sp³-hybridized carbons (Fsp3) is 0.444. The third-order valence-electron chi connectivity index (χ3n) is 3.58. The molecule has 5 N–H and O–H groups in total. The third-order valence-corrected chi connectivity index (χ3v) is 4.18. The minimum atomic E-state index is -4.45. The molecule has 0 aliphatic carbocycles. The minimum absolute atomic E-state index is 0.00348. The summed E-state index contributed by atoms with van der Waals surface area (Å²) in [5, 5.41) is 14.0. The normalized spacial score (nSPS) is 13.4. The van der Waals surface area contributed by atoms with Gasteiger partial charge in [-0.1, -0.05) is 37.8 Å². The van der Waals surface area contributed by atoms with Crippen LogP contribution in [0.4, 0.5) is 4.39 Å². The highest BCUT2D eigenvalue weighted by Crippen LogP contribution is 2.32. The molecule has 2 atom stereocenters. The molecule has 0 saturated heterocycles. The lowest BCUT2D eigenvalue weighted by atomic mass is 10.0. The Bertz CT molecular complexity index is 799. The van der Waals surface area contributed by atoms with Crippen molar-refractivity contribution in [2.24, 2.45) is 5.92 Å². The summed E-state index contributed by atoms with van der Waals surface area (Å²) in [4.78, 5) is 41.8. The summed E-state index contributed by atoms with van der Waals surface area (Å²) >= 11 is 0. The molecule has 0 heterocycles. The average Bonchev–Trinajstić information content (AvgIpc) is 2.57. The summed E-state index contributed by atoms with van der Waals surface area (Å²) in [6.45, 7) is 3.59. The van der Waals surface area contributed by atoms with E-state index in [2.05, 4.69) is 22.5 Å². The van der Waals surface area contributed by atoms with Gasteiger partial charge in [0.15, 0.2) is 0 Å². The predicted octanol–water partition coefficient (Wildman–Crippen LogP) is 1.28. The molecule has 1 aromatic carbocycles. The molecular weight excluding hydrogens is 390 g/mol. The van der Waals surface area contributed by atoms with Crippen LogP contribution >= 0.6 is 7.60 Å². The van der Waals surface area contributed by atoms with E-state index >= 15 is 0 Å². The van der Waals surface area contributed by atoms with Crippen LogP contribution in [0.25, 0.3) is 0 Å². The minimum Gasteiger partial charge on any atom is -0.480 e. The number of carboxylic acids is 1. The van der Waals surface area contributed by atoms with Crippen molar-refractivity contribution in [1.82, 2.24) is 10.6 Å². The molecule has 0 saturated carbocycles. The predicted molar refractivity (Wildman–Crippen MR) is 101 cm³/mol. The second-order valence-corrected chi connectivity index (χ2v) is 8.24. The van der Waals surface area contributed by atoms with E-state index in [1.165, 1.54) is 18.2 Å². The first-order valence-corrected chi connectivity index (χ1v) is 10.3. The summed E-state index contributed by atoms with van der Waals surface area (Å²) in [6.07, 6.45) is -0.796. The maximum Gasteiger partial charge on any atom is 0.339 e. The van der Waals surface area contributed by atoms with E-state index in [1.54, 1.807) is 19.9 Å². The highest BCUT2D eigenvalue weighted by atomic mass is 31.2. The van der Waals surface area contributed by atoms with Crippen LogP contribution in [0, 0.1) is 23.6 Å². The largest absolute Gasteiger partial charge is 0.480 e. The van der Waals surface area contributed by atoms with Gasteiger partial charge in [-0.25, -0.2) is 9.18 Å². The van der Waals surface area contributed by atoms with Crippen molar-refractivity contribution in [2.45, 2.75) is 38.8 Å². The molecule has 0 spiro atoms. The zero-order chi connectivity index (χ0) is 21.3. The number of amides is 1. The number of benzene rings is 1. The molecule has 0 fully saturated rings. The number of nitrogens with one attached hydrogen (secondary N) is 2. The average molecular weight is 414 g/mol. The van der Waals surface area contributed by atoms with E-state index in [9.17, 15) is 23.7 Å². The molecule has 1 rings (SSSR count). The topological polar surface area (TPSA) is 136 Å². The van der Waals surface area contributed by atoms with E-state index in [0.29, 0.717) is 0 Å². The summed E-state index contributed by atoms with van der Waals surface area (Å²) in [7, 11) is -4.45. The number of hydrogen-bond acceptors (Lipinski definition) is 4. The maximum absolute atomic E-state index is 13.6. The standard InChI is InChI=1S/C18H24FN2O6P/c1-12(2)10-16(18(23)24)21-17(22)15(20-11-28(25,26)27)9-5-7-13-6-3-4-8-14(13)19/h3-4,6,8,12,15-16,20H,9-11H2,1-2H3,(H,21,22)(H,23,24)(H2,25,26,27). The summed E-state index contributed by atoms with van der Waals surface area (Å²) in [5.74, 6) is 2.63. The van der Waals surface area contributed by atoms with Gasteiger partial charge in [-0.2, -0.15) is 0 Å². The van der Waals surface area contributed by atoms with Gasteiger partial charge in [0.25, 0.3) is 0 Å². The van der Waals surface area contributed by atoms with Gasteiger partial charge in [-0.15, -0.1) is 0 Å². The lowest BCUT2D eigenvalue weighted by molar-refractivity contribution is -0.142. The van der Waals surface area contributed by atoms with Crippen LogP contribution in [0.2, 0.25) is 0 Å². The Labute approximate surface area is 162 Å². The van der Waals surface area contributed by atoms with Crippen LogP contribution in [0.1, 0.15) is 32.3 Å². The maximum atomic E-state index is 13.6. The molecule has 0 aromatic heterocycles. The molecule has 1 aromatic rings. The van der Waals surface area contributed by atoms with Gasteiger partial charge in [-0.05, 0) is 24.5 Å². The first-order chi connectivity index (χ1) is 13.0. The Kier molecular flexibility index (Phi) is 9.29. The number of halogens is 1. The van der Waals surface area contributed by atoms with Crippen LogP contribution in [0.3, 0.4) is 0 Å². The van der Waals surface area contributed by atoms with Gasteiger partial charge in [0.1, 0.15) is 11.9 Å². The van der Waals surface area contributed by atoms with Crippen molar-refractivity contribution in [3.8, 4) is 11.8 Å². The van der Waals surface area contributed by atoms with Crippen LogP contribution < -0.4 is 10.6 Å². The van der Waals surface area contributed by atoms with Crippen LogP contribution in [-0.4, -0.2) is 45.1 Å². The summed E-state index contributed by atoms with van der Waals surface area (Å²) in [5.41, 5.74) is 0.111. The Morgan fingerprint density at radius 3 is 2.39 bits per heavy atom. The molecule has 8 nitrogen and oxygen atoms in total. The Morgan fingerprint density at radius 2 is 1.86 bits per heavy atom. The number of carboxylic acid groups (broad SMARTS) is 1. The molecule has 28 heavy (non-hydrogen) atoms. The molecular formula is C18H24FN2O6P. The Hall–Kier alpha value is -2.24. The SMILES string of the molecule is CC(C)CC(NC(=O)C(CC#Cc1ccccc1F)NCP(=O)(O)O)C(=O)O. The molecule has 1 amide bonds. The molecule has 2 unspecified atom stereocenters. The molecule has 10 heteroatoms. The van der Waals surface area contributed by atoms with Crippen molar-refractivity contribution in [3.05, 3.63) is 35.6 Å². The van der Waals surface area contributed by atoms with E-state index < -0.39 is 43.7 Å². The second-order valence-electron chi connectivity index (χ2n) is 6.59. The lowest BCUT2D eigenvalue weighted by Gasteiger charge is -2.21. The van der Waals surface area contributed by atoms with Gasteiger partial charge in [0.2, 0.25) is 5.91 Å². The second kappa shape index (κ2) is 10.9. The highest BCUT2D eigenvalue weighted by Gasteiger charge is 2.27. The van der Waals surface area contributed by atoms with Crippen molar-refractivity contribution in [1.29, 1.82) is 0 Å². The molecule has 0 radical (unpaired) electrons. The Balaban J connectivity index is 2.92. The van der Waals surface area contributed by atoms with Crippen molar-refractivity contribution in [3.63, 3.8) is 0 Å². The van der Waals surface area contributed by atoms with E-state index in [0.717, 1.165) is 0 Å². The van der Waals surface area contributed by atoms with Crippen LogP contribution in [0.15, 0.2) is 24.3 Å². The zero-order valence-electron chi connectivity index (χ0n) is 15.6. The van der Waals surface area contributed by atoms with Crippen LogP contribution in [0.5, 0.6) is 0 Å². The summed E-state index contributed by atoms with van der Waals surface area (Å²) < 4.78 is 24.7. The van der Waals surface area contributed by atoms with E-state index in [4.69, 9.17) is 9.79 Å². The number of carbonyl (C=O) groups excluding carboxylic acids is 1. The van der Waals surface area contributed by atoms with Gasteiger partial charge in [0, 0.05) is 6.42 Å². The van der Waals surface area contributed by atoms with Gasteiger partial charge >= 0.3 is 13.6 Å². The first-order valence-electron chi connectivity index (χ1n) is 8.54. The first kappa shape index (κ1) is 23.8. The highest BCUT2D eigenvalue weighted by molar-refractivity contribution is 7.51. The van der Waals surface area contributed by atoms with Crippen LogP contribution in [-0.2, 0) is 14.2 Å². The Morgan fingerprint density at radius 1 is 1.21 bits per heavy atom. The van der Waals surface area contributed by atoms with Gasteiger partial charge in [0.05, 0.1) is 17.9 Å². The number of carbonyl (C=O) groups is 2. The number of aliphatic carboxylic acids is 1. The molecule has 0 aliphatic heterocycles. The summed E-state index contributed by atoms with van der Waals surface area (Å²) in [6, 6.07) is 3.44. The van der Waals surface area contributed by atoms with Crippen molar-refractivity contribution >= 4 is 19.5 Å². The fourth-order valence-corrected chi connectivity index (χ4v) is 2.72. The third kappa shape index (κ3) is 9.11. The van der Waals surface area contributed by atoms with Gasteiger partial charge < -0.3 is 20.2 Å². The molecule has 0 bridgehead atoms. The van der Waals surface area contributed by atoms with Crippen molar-refractivity contribution in [2.75, 3.05) is 6.29 Å². The van der Waals surface area contributed by atoms with Gasteiger partial charge in [-0.3, -0.25) is 14.7 Å². The fourth-order valence-electron chi connectivity index (χ4n) is 2.26. The number of hydrogen-bond donors (Lipinski definition) is 5. The van der Waals surface area contributed by atoms with E-state index in [-0.39, 0.29) is 24.3 Å². The lowest BCUT2D eigenvalue weighted by Crippen LogP contribution is -2.50. The van der Waals surface area contributed by atoms with Crippen molar-refractivity contribution < 1.29 is 33.4 Å².